The Balaban J connectivity index is 1.79. The molecule has 0 aliphatic rings. The van der Waals surface area contributed by atoms with Crippen LogP contribution in [0.5, 0.6) is 0 Å². The smallest absolute Gasteiger partial charge is 0.333 e. The molecule has 0 fully saturated rings. The molecule has 2 rings (SSSR count). The predicted molar refractivity (Wildman–Crippen MR) is 67.4 cm³/mol. The first-order chi connectivity index (χ1) is 9.58. The van der Waals surface area contributed by atoms with Crippen molar-refractivity contribution in [2.45, 2.75) is 26.4 Å². The summed E-state index contributed by atoms with van der Waals surface area (Å²) < 4.78 is 27.2. The summed E-state index contributed by atoms with van der Waals surface area (Å²) in [4.78, 5) is 11.7. The molecule has 2 heterocycles. The van der Waals surface area contributed by atoms with E-state index >= 15 is 0 Å². The number of nitrogens with one attached hydrogen (secondary N) is 1. The number of carbonyl (C=O) groups is 1. The molecule has 8 heteroatoms. The van der Waals surface area contributed by atoms with Crippen LogP contribution < -0.4 is 5.32 Å². The summed E-state index contributed by atoms with van der Waals surface area (Å²) in [7, 11) is 0. The second-order valence-electron chi connectivity index (χ2n) is 4.33. The molecule has 20 heavy (non-hydrogen) atoms. The van der Waals surface area contributed by atoms with Gasteiger partial charge >= 0.3 is 6.55 Å². The van der Waals surface area contributed by atoms with Crippen molar-refractivity contribution in [3.8, 4) is 0 Å². The number of hydrogen-bond donors (Lipinski definition) is 1. The first kappa shape index (κ1) is 14.2. The topological polar surface area (TPSA) is 64.7 Å². The van der Waals surface area contributed by atoms with Crippen LogP contribution in [0.25, 0.3) is 0 Å². The lowest BCUT2D eigenvalue weighted by atomic mass is 10.3. The Hall–Kier alpha value is -2.25. The fourth-order valence-electron chi connectivity index (χ4n) is 1.77. The zero-order chi connectivity index (χ0) is 14.5. The quantitative estimate of drug-likeness (QED) is 0.819. The van der Waals surface area contributed by atoms with Crippen molar-refractivity contribution in [3.63, 3.8) is 0 Å². The molecule has 108 valence electrons. The summed E-state index contributed by atoms with van der Waals surface area (Å²) in [6, 6.07) is 1.26. The fourth-order valence-corrected chi connectivity index (χ4v) is 1.77. The van der Waals surface area contributed by atoms with E-state index in [9.17, 15) is 13.6 Å². The van der Waals surface area contributed by atoms with Gasteiger partial charge in [-0.2, -0.15) is 23.7 Å². The molecule has 0 radical (unpaired) electrons. The molecule has 6 nitrogen and oxygen atoms in total. The van der Waals surface area contributed by atoms with Crippen molar-refractivity contribution in [1.82, 2.24) is 24.9 Å². The Kier molecular flexibility index (Phi) is 4.44. The molecule has 2 aromatic heterocycles. The van der Waals surface area contributed by atoms with Crippen LogP contribution in [0.4, 0.5) is 8.78 Å². The molecule has 1 N–H and O–H groups in total. The second kappa shape index (κ2) is 6.27. The Morgan fingerprint density at radius 1 is 1.45 bits per heavy atom. The largest absolute Gasteiger partial charge is 0.351 e. The van der Waals surface area contributed by atoms with Gasteiger partial charge in [-0.15, -0.1) is 0 Å². The summed E-state index contributed by atoms with van der Waals surface area (Å²) in [6.45, 7) is 0.156. The highest BCUT2D eigenvalue weighted by Crippen LogP contribution is 2.11. The van der Waals surface area contributed by atoms with Gasteiger partial charge in [0.25, 0.3) is 5.91 Å². The molecule has 0 bridgehead atoms. The van der Waals surface area contributed by atoms with Gasteiger partial charge in [-0.05, 0) is 25.0 Å². The second-order valence-corrected chi connectivity index (χ2v) is 4.33. The van der Waals surface area contributed by atoms with Crippen molar-refractivity contribution in [2.75, 3.05) is 6.54 Å². The maximum atomic E-state index is 12.5. The zero-order valence-corrected chi connectivity index (χ0v) is 11.0. The lowest BCUT2D eigenvalue weighted by Crippen LogP contribution is -2.28. The van der Waals surface area contributed by atoms with E-state index < -0.39 is 12.5 Å². The number of nitrogens with zero attached hydrogens (tertiary/aromatic N) is 4. The van der Waals surface area contributed by atoms with Crippen LogP contribution in [0.15, 0.2) is 24.7 Å². The predicted octanol–water partition coefficient (Wildman–Crippen LogP) is 1.60. The molecule has 0 aliphatic heterocycles. The zero-order valence-electron chi connectivity index (χ0n) is 11.0. The van der Waals surface area contributed by atoms with Gasteiger partial charge in [-0.25, -0.2) is 0 Å². The maximum Gasteiger partial charge on any atom is 0.333 e. The van der Waals surface area contributed by atoms with Crippen LogP contribution in [-0.4, -0.2) is 32.0 Å². The van der Waals surface area contributed by atoms with Crippen LogP contribution in [-0.2, 0) is 6.54 Å². The van der Waals surface area contributed by atoms with Gasteiger partial charge in [0, 0.05) is 25.5 Å². The van der Waals surface area contributed by atoms with Crippen molar-refractivity contribution in [2.24, 2.45) is 0 Å². The molecule has 0 saturated heterocycles. The third kappa shape index (κ3) is 3.40. The van der Waals surface area contributed by atoms with E-state index in [1.54, 1.807) is 10.9 Å². The van der Waals surface area contributed by atoms with Gasteiger partial charge in [0.1, 0.15) is 5.69 Å². The van der Waals surface area contributed by atoms with E-state index in [4.69, 9.17) is 0 Å². The Morgan fingerprint density at radius 2 is 2.25 bits per heavy atom. The van der Waals surface area contributed by atoms with Gasteiger partial charge < -0.3 is 5.32 Å². The van der Waals surface area contributed by atoms with Gasteiger partial charge in [0.05, 0.1) is 6.20 Å². The lowest BCUT2D eigenvalue weighted by molar-refractivity contribution is 0.0509. The lowest BCUT2D eigenvalue weighted by Gasteiger charge is -2.07. The summed E-state index contributed by atoms with van der Waals surface area (Å²) in [5, 5.41) is 10.1. The van der Waals surface area contributed by atoms with Crippen LogP contribution in [0, 0.1) is 6.92 Å². The summed E-state index contributed by atoms with van der Waals surface area (Å²) in [6.07, 6.45) is 5.48. The minimum atomic E-state index is -2.82. The highest BCUT2D eigenvalue weighted by atomic mass is 19.3. The van der Waals surface area contributed by atoms with Crippen molar-refractivity contribution >= 4 is 5.91 Å². The molecule has 2 aromatic rings. The number of carbonyl (C=O) groups excluding carboxylic acids is 1. The molecule has 0 unspecified atom stereocenters. The van der Waals surface area contributed by atoms with Crippen molar-refractivity contribution in [1.29, 1.82) is 0 Å². The number of amides is 1. The first-order valence-electron chi connectivity index (χ1n) is 6.17. The van der Waals surface area contributed by atoms with E-state index in [1.165, 1.54) is 12.3 Å². The Morgan fingerprint density at radius 3 is 2.90 bits per heavy atom. The van der Waals surface area contributed by atoms with Gasteiger partial charge in [0.2, 0.25) is 0 Å². The van der Waals surface area contributed by atoms with Crippen molar-refractivity contribution < 1.29 is 13.6 Å². The molecule has 0 atom stereocenters. The molecule has 0 saturated carbocycles. The van der Waals surface area contributed by atoms with E-state index in [0.29, 0.717) is 24.2 Å². The normalized spacial score (nSPS) is 11.0. The Bertz CT molecular complexity index is 578. The number of aromatic nitrogens is 4. The van der Waals surface area contributed by atoms with Gasteiger partial charge in [-0.3, -0.25) is 9.48 Å². The van der Waals surface area contributed by atoms with Crippen LogP contribution >= 0.6 is 0 Å². The standard InChI is InChI=1S/C12H15F2N5O/c1-9-7-17-18(8-9)6-2-4-15-11(20)10-3-5-16-19(10)12(13)14/h3,5,7-8,12H,2,4,6H2,1H3,(H,15,20). The van der Waals surface area contributed by atoms with E-state index in [0.717, 1.165) is 5.56 Å². The third-order valence-electron chi connectivity index (χ3n) is 2.70. The molecule has 0 spiro atoms. The van der Waals surface area contributed by atoms with Crippen LogP contribution in [0.1, 0.15) is 29.0 Å². The molecule has 0 aliphatic carbocycles. The highest BCUT2D eigenvalue weighted by Gasteiger charge is 2.17. The number of alkyl halides is 2. The van der Waals surface area contributed by atoms with E-state index in [-0.39, 0.29) is 5.69 Å². The minimum absolute atomic E-state index is 0.144. The number of hydrogen-bond acceptors (Lipinski definition) is 3. The molecule has 1 amide bonds. The Labute approximate surface area is 114 Å². The van der Waals surface area contributed by atoms with E-state index in [2.05, 4.69) is 15.5 Å². The van der Waals surface area contributed by atoms with Crippen LogP contribution in [0.2, 0.25) is 0 Å². The van der Waals surface area contributed by atoms with E-state index in [1.807, 2.05) is 13.1 Å². The number of halogens is 2. The summed E-state index contributed by atoms with van der Waals surface area (Å²) in [5.74, 6) is -0.556. The van der Waals surface area contributed by atoms with Crippen LogP contribution in [0.3, 0.4) is 0 Å². The van der Waals surface area contributed by atoms with Gasteiger partial charge in [-0.1, -0.05) is 0 Å². The average molecular weight is 283 g/mol. The number of rotatable bonds is 6. The average Bonchev–Trinajstić information content (AvgIpc) is 3.03. The van der Waals surface area contributed by atoms with Gasteiger partial charge in [0.15, 0.2) is 0 Å². The fraction of sp³-hybridized carbons (Fsp3) is 0.417. The molecular formula is C12H15F2N5O. The maximum absolute atomic E-state index is 12.5. The third-order valence-corrected chi connectivity index (χ3v) is 2.70. The molecule has 0 aromatic carbocycles. The van der Waals surface area contributed by atoms with Crippen molar-refractivity contribution in [3.05, 3.63) is 35.9 Å². The monoisotopic (exact) mass is 283 g/mol. The first-order valence-corrected chi connectivity index (χ1v) is 6.17. The summed E-state index contributed by atoms with van der Waals surface area (Å²) >= 11 is 0. The molecular weight excluding hydrogens is 268 g/mol. The SMILES string of the molecule is Cc1cnn(CCCNC(=O)c2ccnn2C(F)F)c1. The number of aryl methyl sites for hydroxylation is 2. The highest BCUT2D eigenvalue weighted by molar-refractivity contribution is 5.92. The minimum Gasteiger partial charge on any atom is -0.351 e. The summed E-state index contributed by atoms with van der Waals surface area (Å²) in [5.41, 5.74) is 0.921.